The molecule has 0 aliphatic heterocycles. The summed E-state index contributed by atoms with van der Waals surface area (Å²) in [5.41, 5.74) is 1.08. The van der Waals surface area contributed by atoms with Crippen LogP contribution in [0.15, 0.2) is 48.5 Å². The number of halogens is 2. The molecule has 2 rings (SSSR count). The molecule has 1 amide bonds. The van der Waals surface area contributed by atoms with E-state index in [2.05, 4.69) is 5.32 Å². The number of carbonyl (C=O) groups excluding carboxylic acids is 2. The van der Waals surface area contributed by atoms with E-state index in [0.717, 1.165) is 5.56 Å². The molecule has 1 atom stereocenters. The van der Waals surface area contributed by atoms with Crippen LogP contribution in [0.2, 0.25) is 5.02 Å². The summed E-state index contributed by atoms with van der Waals surface area (Å²) >= 11 is 5.82. The van der Waals surface area contributed by atoms with E-state index in [1.54, 1.807) is 24.3 Å². The van der Waals surface area contributed by atoms with E-state index in [-0.39, 0.29) is 12.0 Å². The van der Waals surface area contributed by atoms with E-state index in [1.807, 2.05) is 0 Å². The first-order chi connectivity index (χ1) is 11.0. The maximum absolute atomic E-state index is 12.9. The van der Waals surface area contributed by atoms with E-state index in [0.29, 0.717) is 5.02 Å². The Morgan fingerprint density at radius 3 is 2.30 bits per heavy atom. The van der Waals surface area contributed by atoms with Crippen LogP contribution in [0.4, 0.5) is 4.39 Å². The highest BCUT2D eigenvalue weighted by atomic mass is 35.5. The molecule has 0 saturated carbocycles. The van der Waals surface area contributed by atoms with Gasteiger partial charge >= 0.3 is 5.97 Å². The molecule has 0 aliphatic carbocycles. The van der Waals surface area contributed by atoms with Crippen LogP contribution in [0.1, 0.15) is 15.9 Å². The first-order valence-electron chi connectivity index (χ1n) is 6.88. The van der Waals surface area contributed by atoms with Crippen LogP contribution in [-0.4, -0.2) is 25.0 Å². The minimum atomic E-state index is -0.848. The lowest BCUT2D eigenvalue weighted by Crippen LogP contribution is -2.43. The molecule has 1 N–H and O–H groups in total. The summed E-state index contributed by atoms with van der Waals surface area (Å²) in [6.45, 7) is 0. The molecule has 0 heterocycles. The number of carbonyl (C=O) groups is 2. The predicted molar refractivity (Wildman–Crippen MR) is 84.8 cm³/mol. The van der Waals surface area contributed by atoms with E-state index in [9.17, 15) is 14.0 Å². The van der Waals surface area contributed by atoms with E-state index in [4.69, 9.17) is 16.3 Å². The Morgan fingerprint density at radius 2 is 1.74 bits per heavy atom. The van der Waals surface area contributed by atoms with E-state index >= 15 is 0 Å². The number of ether oxygens (including phenoxy) is 1. The van der Waals surface area contributed by atoms with Crippen LogP contribution < -0.4 is 5.32 Å². The Morgan fingerprint density at radius 1 is 1.13 bits per heavy atom. The number of benzene rings is 2. The highest BCUT2D eigenvalue weighted by Crippen LogP contribution is 2.12. The van der Waals surface area contributed by atoms with Crippen LogP contribution in [-0.2, 0) is 16.0 Å². The van der Waals surface area contributed by atoms with Crippen molar-refractivity contribution in [2.24, 2.45) is 0 Å². The summed E-state index contributed by atoms with van der Waals surface area (Å²) in [7, 11) is 1.25. The van der Waals surface area contributed by atoms with Gasteiger partial charge in [-0.3, -0.25) is 4.79 Å². The zero-order chi connectivity index (χ0) is 16.8. The zero-order valence-electron chi connectivity index (χ0n) is 12.4. The van der Waals surface area contributed by atoms with Crippen LogP contribution in [0.5, 0.6) is 0 Å². The standard InChI is InChI=1S/C17H15ClFNO3/c1-23-17(22)15(10-11-2-6-13(18)7-3-11)20-16(21)12-4-8-14(19)9-5-12/h2-9,15H,10H2,1H3,(H,20,21)/t15-/m0/s1. The quantitative estimate of drug-likeness (QED) is 0.855. The third kappa shape index (κ3) is 4.79. The van der Waals surface area contributed by atoms with Crippen LogP contribution in [0, 0.1) is 5.82 Å². The van der Waals surface area contributed by atoms with Crippen molar-refractivity contribution in [2.45, 2.75) is 12.5 Å². The van der Waals surface area contributed by atoms with Gasteiger partial charge in [0.05, 0.1) is 7.11 Å². The number of amides is 1. The Bertz CT molecular complexity index is 686. The highest BCUT2D eigenvalue weighted by Gasteiger charge is 2.22. The molecule has 6 heteroatoms. The number of methoxy groups -OCH3 is 1. The van der Waals surface area contributed by atoms with Crippen molar-refractivity contribution in [3.8, 4) is 0 Å². The van der Waals surface area contributed by atoms with Crippen LogP contribution >= 0.6 is 11.6 Å². The minimum Gasteiger partial charge on any atom is -0.467 e. The normalized spacial score (nSPS) is 11.6. The fourth-order valence-corrected chi connectivity index (χ4v) is 2.16. The fraction of sp³-hybridized carbons (Fsp3) is 0.176. The van der Waals surface area contributed by atoms with Crippen molar-refractivity contribution >= 4 is 23.5 Å². The molecule has 0 aliphatic rings. The van der Waals surface area contributed by atoms with Crippen molar-refractivity contribution < 1.29 is 18.7 Å². The molecule has 4 nitrogen and oxygen atoms in total. The molecule has 0 saturated heterocycles. The molecule has 120 valence electrons. The SMILES string of the molecule is COC(=O)[C@H](Cc1ccc(Cl)cc1)NC(=O)c1ccc(F)cc1. The number of hydrogen-bond acceptors (Lipinski definition) is 3. The summed E-state index contributed by atoms with van der Waals surface area (Å²) in [6, 6.07) is 11.1. The summed E-state index contributed by atoms with van der Waals surface area (Å²) < 4.78 is 17.6. The third-order valence-corrected chi connectivity index (χ3v) is 3.50. The molecule has 0 unspecified atom stereocenters. The molecular weight excluding hydrogens is 321 g/mol. The molecule has 23 heavy (non-hydrogen) atoms. The largest absolute Gasteiger partial charge is 0.467 e. The molecule has 2 aromatic carbocycles. The second-order valence-corrected chi connectivity index (χ2v) is 5.32. The maximum Gasteiger partial charge on any atom is 0.328 e. The molecule has 2 aromatic rings. The smallest absolute Gasteiger partial charge is 0.328 e. The zero-order valence-corrected chi connectivity index (χ0v) is 13.1. The number of nitrogens with one attached hydrogen (secondary N) is 1. The van der Waals surface area contributed by atoms with Gasteiger partial charge in [-0.25, -0.2) is 9.18 Å². The molecule has 0 spiro atoms. The Labute approximate surface area is 138 Å². The van der Waals surface area contributed by atoms with Crippen molar-refractivity contribution in [1.82, 2.24) is 5.32 Å². The van der Waals surface area contributed by atoms with Gasteiger partial charge < -0.3 is 10.1 Å². The van der Waals surface area contributed by atoms with Gasteiger partial charge in [0.1, 0.15) is 11.9 Å². The Kier molecular flexibility index (Phi) is 5.71. The molecule has 0 bridgehead atoms. The fourth-order valence-electron chi connectivity index (χ4n) is 2.03. The van der Waals surface area contributed by atoms with Crippen LogP contribution in [0.3, 0.4) is 0 Å². The van der Waals surface area contributed by atoms with Gasteiger partial charge in [0.25, 0.3) is 5.91 Å². The number of esters is 1. The lowest BCUT2D eigenvalue weighted by Gasteiger charge is -2.16. The average molecular weight is 336 g/mol. The first kappa shape index (κ1) is 17.0. The van der Waals surface area contributed by atoms with E-state index < -0.39 is 23.7 Å². The number of hydrogen-bond donors (Lipinski definition) is 1. The molecular formula is C17H15ClFNO3. The molecule has 0 radical (unpaired) electrons. The van der Waals surface area contributed by atoms with Gasteiger partial charge in [0.2, 0.25) is 0 Å². The predicted octanol–water partition coefficient (Wildman–Crippen LogP) is 2.99. The lowest BCUT2D eigenvalue weighted by molar-refractivity contribution is -0.142. The second kappa shape index (κ2) is 7.74. The van der Waals surface area contributed by atoms with Gasteiger partial charge in [-0.1, -0.05) is 23.7 Å². The Hall–Kier alpha value is -2.40. The Balaban J connectivity index is 2.12. The van der Waals surface area contributed by atoms with Crippen molar-refractivity contribution in [3.63, 3.8) is 0 Å². The second-order valence-electron chi connectivity index (χ2n) is 4.89. The summed E-state index contributed by atoms with van der Waals surface area (Å²) in [6.07, 6.45) is 0.261. The van der Waals surface area contributed by atoms with Crippen molar-refractivity contribution in [1.29, 1.82) is 0 Å². The lowest BCUT2D eigenvalue weighted by atomic mass is 10.1. The maximum atomic E-state index is 12.9. The van der Waals surface area contributed by atoms with Crippen LogP contribution in [0.25, 0.3) is 0 Å². The van der Waals surface area contributed by atoms with Gasteiger partial charge in [-0.15, -0.1) is 0 Å². The van der Waals surface area contributed by atoms with Gasteiger partial charge in [-0.05, 0) is 42.0 Å². The summed E-state index contributed by atoms with van der Waals surface area (Å²) in [4.78, 5) is 24.0. The summed E-state index contributed by atoms with van der Waals surface area (Å²) in [5, 5.41) is 3.18. The van der Waals surface area contributed by atoms with E-state index in [1.165, 1.54) is 31.4 Å². The van der Waals surface area contributed by atoms with Crippen molar-refractivity contribution in [2.75, 3.05) is 7.11 Å². The molecule has 0 aromatic heterocycles. The monoisotopic (exact) mass is 335 g/mol. The topological polar surface area (TPSA) is 55.4 Å². The third-order valence-electron chi connectivity index (χ3n) is 3.25. The highest BCUT2D eigenvalue weighted by molar-refractivity contribution is 6.30. The van der Waals surface area contributed by atoms with Gasteiger partial charge in [0, 0.05) is 17.0 Å². The number of rotatable bonds is 5. The van der Waals surface area contributed by atoms with Gasteiger partial charge in [0.15, 0.2) is 0 Å². The first-order valence-corrected chi connectivity index (χ1v) is 7.26. The molecule has 0 fully saturated rings. The minimum absolute atomic E-state index is 0.261. The average Bonchev–Trinajstić information content (AvgIpc) is 2.56. The van der Waals surface area contributed by atoms with Crippen molar-refractivity contribution in [3.05, 3.63) is 70.5 Å². The van der Waals surface area contributed by atoms with Gasteiger partial charge in [-0.2, -0.15) is 0 Å². The summed E-state index contributed by atoms with van der Waals surface area (Å²) in [5.74, 6) is -1.47.